The van der Waals surface area contributed by atoms with Crippen LogP contribution in [-0.2, 0) is 14.6 Å². The fraction of sp³-hybridized carbons (Fsp3) is 0.188. The molecule has 27 heavy (non-hydrogen) atoms. The second kappa shape index (κ2) is 9.11. The Kier molecular flexibility index (Phi) is 7.11. The SMILES string of the molecule is CS(=O)(=O)c1ccc(NCCNC(=O)/C=C/c2ccc(Br)s2)c([N+](=O)[O-])c1. The van der Waals surface area contributed by atoms with E-state index in [1.165, 1.54) is 29.5 Å². The fourth-order valence-corrected chi connectivity index (χ4v) is 4.03. The second-order valence-corrected chi connectivity index (χ2v) is 9.91. The van der Waals surface area contributed by atoms with E-state index in [1.807, 2.05) is 12.1 Å². The smallest absolute Gasteiger partial charge is 0.293 e. The summed E-state index contributed by atoms with van der Waals surface area (Å²) in [6, 6.07) is 7.40. The molecule has 2 N–H and O–H groups in total. The molecule has 0 bridgehead atoms. The number of sulfone groups is 1. The molecule has 1 aromatic carbocycles. The standard InChI is InChI=1S/C16H16BrN3O5S2/c1-27(24,25)12-4-5-13(14(10-12)20(22)23)18-8-9-19-16(21)7-3-11-2-6-15(17)26-11/h2-7,10,18H,8-9H2,1H3,(H,19,21)/b7-3+. The quantitative estimate of drug-likeness (QED) is 0.263. The molecule has 0 spiro atoms. The summed E-state index contributed by atoms with van der Waals surface area (Å²) in [5.74, 6) is -0.289. The summed E-state index contributed by atoms with van der Waals surface area (Å²) >= 11 is 4.83. The Bertz CT molecular complexity index is 986. The largest absolute Gasteiger partial charge is 0.378 e. The molecule has 0 unspecified atom stereocenters. The molecule has 0 saturated heterocycles. The Morgan fingerprint density at radius 3 is 2.63 bits per heavy atom. The molecule has 0 aliphatic rings. The van der Waals surface area contributed by atoms with Crippen LogP contribution in [0.25, 0.3) is 6.08 Å². The Balaban J connectivity index is 1.90. The van der Waals surface area contributed by atoms with E-state index in [0.717, 1.165) is 21.0 Å². The van der Waals surface area contributed by atoms with Gasteiger partial charge in [0.25, 0.3) is 5.69 Å². The van der Waals surface area contributed by atoms with Gasteiger partial charge in [0.15, 0.2) is 9.84 Å². The zero-order valence-electron chi connectivity index (χ0n) is 14.1. The van der Waals surface area contributed by atoms with Gasteiger partial charge in [0, 0.05) is 36.4 Å². The van der Waals surface area contributed by atoms with Gasteiger partial charge in [-0.2, -0.15) is 0 Å². The van der Waals surface area contributed by atoms with Gasteiger partial charge in [-0.05, 0) is 46.3 Å². The third-order valence-electron chi connectivity index (χ3n) is 3.33. The number of nitro groups is 1. The monoisotopic (exact) mass is 473 g/mol. The summed E-state index contributed by atoms with van der Waals surface area (Å²) in [4.78, 5) is 23.1. The molecule has 0 atom stereocenters. The summed E-state index contributed by atoms with van der Waals surface area (Å²) in [7, 11) is -3.54. The van der Waals surface area contributed by atoms with Crippen LogP contribution in [-0.4, -0.2) is 38.6 Å². The number of hydrogen-bond donors (Lipinski definition) is 2. The van der Waals surface area contributed by atoms with E-state index in [9.17, 15) is 23.3 Å². The molecule has 144 valence electrons. The van der Waals surface area contributed by atoms with Crippen LogP contribution in [0.4, 0.5) is 11.4 Å². The maximum absolute atomic E-state index is 11.8. The lowest BCUT2D eigenvalue weighted by Gasteiger charge is -2.08. The van der Waals surface area contributed by atoms with Gasteiger partial charge in [-0.15, -0.1) is 11.3 Å². The van der Waals surface area contributed by atoms with E-state index in [2.05, 4.69) is 26.6 Å². The Hall–Kier alpha value is -2.24. The maximum Gasteiger partial charge on any atom is 0.293 e. The van der Waals surface area contributed by atoms with Crippen LogP contribution in [0.2, 0.25) is 0 Å². The highest BCUT2D eigenvalue weighted by atomic mass is 79.9. The molecular weight excluding hydrogens is 458 g/mol. The topological polar surface area (TPSA) is 118 Å². The summed E-state index contributed by atoms with van der Waals surface area (Å²) in [5, 5.41) is 16.6. The van der Waals surface area contributed by atoms with E-state index in [4.69, 9.17) is 0 Å². The third kappa shape index (κ3) is 6.45. The minimum atomic E-state index is -3.54. The summed E-state index contributed by atoms with van der Waals surface area (Å²) in [6.07, 6.45) is 4.08. The van der Waals surface area contributed by atoms with Crippen LogP contribution in [0, 0.1) is 10.1 Å². The number of nitrogens with zero attached hydrogens (tertiary/aromatic N) is 1. The van der Waals surface area contributed by atoms with Crippen molar-refractivity contribution in [1.82, 2.24) is 5.32 Å². The van der Waals surface area contributed by atoms with E-state index in [1.54, 1.807) is 6.08 Å². The van der Waals surface area contributed by atoms with Crippen LogP contribution >= 0.6 is 27.3 Å². The maximum atomic E-state index is 11.8. The molecule has 2 rings (SSSR count). The normalized spacial score (nSPS) is 11.5. The number of benzene rings is 1. The zero-order chi connectivity index (χ0) is 20.0. The molecule has 0 radical (unpaired) electrons. The number of rotatable bonds is 8. The van der Waals surface area contributed by atoms with Gasteiger partial charge in [-0.25, -0.2) is 8.42 Å². The first-order valence-corrected chi connectivity index (χ1v) is 11.1. The number of anilines is 1. The van der Waals surface area contributed by atoms with Gasteiger partial charge >= 0.3 is 0 Å². The molecule has 0 aliphatic carbocycles. The molecule has 1 aromatic heterocycles. The Labute approximate surface area is 168 Å². The summed E-state index contributed by atoms with van der Waals surface area (Å²) in [6.45, 7) is 0.478. The van der Waals surface area contributed by atoms with E-state index < -0.39 is 14.8 Å². The highest BCUT2D eigenvalue weighted by Crippen LogP contribution is 2.27. The second-order valence-electron chi connectivity index (χ2n) is 5.40. The number of halogens is 1. The van der Waals surface area contributed by atoms with Gasteiger partial charge in [-0.3, -0.25) is 14.9 Å². The highest BCUT2D eigenvalue weighted by molar-refractivity contribution is 9.11. The number of thiophene rings is 1. The average molecular weight is 474 g/mol. The van der Waals surface area contributed by atoms with Crippen LogP contribution in [0.15, 0.2) is 45.1 Å². The molecule has 11 heteroatoms. The molecule has 2 aromatic rings. The predicted molar refractivity (Wildman–Crippen MR) is 109 cm³/mol. The fourth-order valence-electron chi connectivity index (χ4n) is 2.06. The number of amides is 1. The average Bonchev–Trinajstić information content (AvgIpc) is 3.01. The van der Waals surface area contributed by atoms with Crippen molar-refractivity contribution >= 4 is 60.5 Å². The first-order chi connectivity index (χ1) is 12.7. The van der Waals surface area contributed by atoms with E-state index >= 15 is 0 Å². The zero-order valence-corrected chi connectivity index (χ0v) is 17.4. The van der Waals surface area contributed by atoms with Crippen molar-refractivity contribution in [2.45, 2.75) is 4.90 Å². The molecule has 0 fully saturated rings. The minimum Gasteiger partial charge on any atom is -0.378 e. The van der Waals surface area contributed by atoms with E-state index in [0.29, 0.717) is 0 Å². The number of carbonyl (C=O) groups excluding carboxylic acids is 1. The lowest BCUT2D eigenvalue weighted by atomic mass is 10.2. The third-order valence-corrected chi connectivity index (χ3v) is 6.03. The van der Waals surface area contributed by atoms with Gasteiger partial charge in [0.1, 0.15) is 5.69 Å². The molecular formula is C16H16BrN3O5S2. The summed E-state index contributed by atoms with van der Waals surface area (Å²) in [5.41, 5.74) is -0.159. The number of nitro benzene ring substituents is 1. The highest BCUT2D eigenvalue weighted by Gasteiger charge is 2.18. The lowest BCUT2D eigenvalue weighted by Crippen LogP contribution is -2.27. The molecule has 0 aliphatic heterocycles. The first-order valence-electron chi connectivity index (χ1n) is 7.60. The van der Waals surface area contributed by atoms with Crippen molar-refractivity contribution in [2.75, 3.05) is 24.7 Å². The van der Waals surface area contributed by atoms with Crippen LogP contribution in [0.1, 0.15) is 4.88 Å². The number of carbonyl (C=O) groups is 1. The van der Waals surface area contributed by atoms with Crippen molar-refractivity contribution in [3.05, 3.63) is 55.2 Å². The van der Waals surface area contributed by atoms with Crippen LogP contribution in [0.3, 0.4) is 0 Å². The molecule has 1 heterocycles. The van der Waals surface area contributed by atoms with Crippen molar-refractivity contribution in [1.29, 1.82) is 0 Å². The molecule has 1 amide bonds. The van der Waals surface area contributed by atoms with Gasteiger partial charge in [0.2, 0.25) is 5.91 Å². The number of nitrogens with one attached hydrogen (secondary N) is 2. The van der Waals surface area contributed by atoms with Crippen LogP contribution < -0.4 is 10.6 Å². The van der Waals surface area contributed by atoms with Crippen molar-refractivity contribution in [3.8, 4) is 0 Å². The van der Waals surface area contributed by atoms with E-state index in [-0.39, 0.29) is 35.3 Å². The molecule has 0 saturated carbocycles. The Morgan fingerprint density at radius 2 is 2.04 bits per heavy atom. The minimum absolute atomic E-state index is 0.126. The molecule has 8 nitrogen and oxygen atoms in total. The van der Waals surface area contributed by atoms with Gasteiger partial charge in [0.05, 0.1) is 13.6 Å². The van der Waals surface area contributed by atoms with Crippen molar-refractivity contribution < 1.29 is 18.1 Å². The van der Waals surface area contributed by atoms with Crippen molar-refractivity contribution in [2.24, 2.45) is 0 Å². The predicted octanol–water partition coefficient (Wildman–Crippen LogP) is 3.06. The lowest BCUT2D eigenvalue weighted by molar-refractivity contribution is -0.384. The van der Waals surface area contributed by atoms with Crippen LogP contribution in [0.5, 0.6) is 0 Å². The number of hydrogen-bond acceptors (Lipinski definition) is 7. The summed E-state index contributed by atoms with van der Waals surface area (Å²) < 4.78 is 24.0. The first kappa shape index (κ1) is 21.1. The van der Waals surface area contributed by atoms with Gasteiger partial charge < -0.3 is 10.6 Å². The van der Waals surface area contributed by atoms with Gasteiger partial charge in [-0.1, -0.05) is 0 Å². The van der Waals surface area contributed by atoms with Crippen molar-refractivity contribution in [3.63, 3.8) is 0 Å². The Morgan fingerprint density at radius 1 is 1.30 bits per heavy atom.